The van der Waals surface area contributed by atoms with Crippen LogP contribution >= 0.6 is 0 Å². The number of para-hydroxylation sites is 1. The van der Waals surface area contributed by atoms with Gasteiger partial charge in [0.1, 0.15) is 0 Å². The first-order valence-electron chi connectivity index (χ1n) is 4.69. The molecule has 1 radical (unpaired) electrons. The van der Waals surface area contributed by atoms with E-state index in [1.165, 1.54) is 0 Å². The van der Waals surface area contributed by atoms with Gasteiger partial charge in [-0.15, -0.1) is 0 Å². The van der Waals surface area contributed by atoms with E-state index in [9.17, 15) is 4.79 Å². The summed E-state index contributed by atoms with van der Waals surface area (Å²) in [6.45, 7) is 3.53. The predicted molar refractivity (Wildman–Crippen MR) is 60.6 cm³/mol. The Bertz CT molecular complexity index is 494. The van der Waals surface area contributed by atoms with Gasteiger partial charge in [0.05, 0.1) is 23.9 Å². The van der Waals surface area contributed by atoms with Gasteiger partial charge in [0.15, 0.2) is 5.78 Å². The highest BCUT2D eigenvalue weighted by molar-refractivity contribution is 5.87. The van der Waals surface area contributed by atoms with Crippen LogP contribution in [0.15, 0.2) is 36.5 Å². The maximum absolute atomic E-state index is 10.7. The molecule has 1 N–H and O–H groups in total. The number of aromatic nitrogens is 1. The van der Waals surface area contributed by atoms with Crippen LogP contribution in [0.1, 0.15) is 0 Å². The van der Waals surface area contributed by atoms with Crippen molar-refractivity contribution in [3.63, 3.8) is 0 Å². The van der Waals surface area contributed by atoms with Gasteiger partial charge in [-0.1, -0.05) is 18.2 Å². The normalized spacial score (nSPS) is 10.2. The maximum Gasteiger partial charge on any atom is 0.152 e. The fourth-order valence-electron chi connectivity index (χ4n) is 1.37. The van der Waals surface area contributed by atoms with Gasteiger partial charge in [-0.3, -0.25) is 9.78 Å². The van der Waals surface area contributed by atoms with Crippen LogP contribution in [0.25, 0.3) is 10.9 Å². The number of ketones is 1. The summed E-state index contributed by atoms with van der Waals surface area (Å²) in [4.78, 5) is 15.0. The van der Waals surface area contributed by atoms with E-state index >= 15 is 0 Å². The molecule has 3 heteroatoms. The lowest BCUT2D eigenvalue weighted by Gasteiger charge is -2.04. The van der Waals surface area contributed by atoms with Gasteiger partial charge >= 0.3 is 0 Å². The number of rotatable bonds is 3. The molecular weight excluding hydrogens is 188 g/mol. The molecule has 0 unspecified atom stereocenters. The van der Waals surface area contributed by atoms with Crippen molar-refractivity contribution in [2.75, 3.05) is 11.9 Å². The zero-order valence-electron chi connectivity index (χ0n) is 8.23. The van der Waals surface area contributed by atoms with Gasteiger partial charge in [-0.2, -0.15) is 0 Å². The van der Waals surface area contributed by atoms with Crippen molar-refractivity contribution in [3.05, 3.63) is 43.5 Å². The average Bonchev–Trinajstić information content (AvgIpc) is 2.26. The lowest BCUT2D eigenvalue weighted by atomic mass is 10.2. The highest BCUT2D eigenvalue weighted by Gasteiger charge is 1.97. The van der Waals surface area contributed by atoms with Crippen molar-refractivity contribution < 1.29 is 4.79 Å². The first-order valence-corrected chi connectivity index (χ1v) is 4.69. The number of fused-ring (bicyclic) bond motifs is 1. The van der Waals surface area contributed by atoms with E-state index in [2.05, 4.69) is 17.2 Å². The van der Waals surface area contributed by atoms with Crippen LogP contribution in [0.3, 0.4) is 0 Å². The monoisotopic (exact) mass is 199 g/mol. The quantitative estimate of drug-likeness (QED) is 0.822. The average molecular weight is 199 g/mol. The minimum Gasteiger partial charge on any atom is -0.377 e. The number of pyridine rings is 1. The number of hydrogen-bond donors (Lipinski definition) is 1. The van der Waals surface area contributed by atoms with Gasteiger partial charge in [0, 0.05) is 12.3 Å². The van der Waals surface area contributed by atoms with Crippen LogP contribution < -0.4 is 5.32 Å². The molecule has 0 bridgehead atoms. The predicted octanol–water partition coefficient (Wildman–Crippen LogP) is 2.05. The standard InChI is InChI=1S/C12H11N2O/c1-9(15)7-13-11-6-10-4-2-3-5-12(10)14-8-11/h2-6,8,13H,1,7H2. The number of nitrogens with zero attached hydrogens (tertiary/aromatic N) is 1. The van der Waals surface area contributed by atoms with Crippen molar-refractivity contribution in [1.82, 2.24) is 4.98 Å². The van der Waals surface area contributed by atoms with Gasteiger partial charge in [-0.05, 0) is 12.1 Å². The molecule has 0 amide bonds. The number of carbonyl (C=O) groups is 1. The molecular formula is C12H11N2O. The molecule has 15 heavy (non-hydrogen) atoms. The summed E-state index contributed by atoms with van der Waals surface area (Å²) in [6.07, 6.45) is 1.71. The number of benzene rings is 1. The number of carbonyl (C=O) groups excluding carboxylic acids is 1. The van der Waals surface area contributed by atoms with Crippen molar-refractivity contribution in [1.29, 1.82) is 0 Å². The fourth-order valence-corrected chi connectivity index (χ4v) is 1.37. The van der Waals surface area contributed by atoms with E-state index in [0.29, 0.717) is 0 Å². The molecule has 1 aromatic heterocycles. The summed E-state index contributed by atoms with van der Waals surface area (Å²) in [7, 11) is 0. The maximum atomic E-state index is 10.7. The Kier molecular flexibility index (Phi) is 2.63. The Morgan fingerprint density at radius 1 is 1.40 bits per heavy atom. The lowest BCUT2D eigenvalue weighted by molar-refractivity contribution is -0.113. The second-order valence-electron chi connectivity index (χ2n) is 3.31. The van der Waals surface area contributed by atoms with E-state index in [1.807, 2.05) is 30.3 Å². The molecule has 0 aliphatic heterocycles. The Morgan fingerprint density at radius 3 is 3.00 bits per heavy atom. The van der Waals surface area contributed by atoms with Crippen molar-refractivity contribution in [2.24, 2.45) is 0 Å². The second kappa shape index (κ2) is 4.09. The third-order valence-corrected chi connectivity index (χ3v) is 2.08. The third kappa shape index (κ3) is 2.31. The zero-order valence-corrected chi connectivity index (χ0v) is 8.23. The topological polar surface area (TPSA) is 42.0 Å². The summed E-state index contributed by atoms with van der Waals surface area (Å²) in [5, 5.41) is 4.02. The van der Waals surface area contributed by atoms with Crippen molar-refractivity contribution in [2.45, 2.75) is 0 Å². The molecule has 0 atom stereocenters. The van der Waals surface area contributed by atoms with Gasteiger partial charge < -0.3 is 5.32 Å². The van der Waals surface area contributed by atoms with E-state index < -0.39 is 0 Å². The van der Waals surface area contributed by atoms with E-state index in [4.69, 9.17) is 0 Å². The number of nitrogens with one attached hydrogen (secondary N) is 1. The first kappa shape index (κ1) is 9.65. The summed E-state index contributed by atoms with van der Waals surface area (Å²) in [5.74, 6) is -0.136. The molecule has 2 aromatic rings. The minimum atomic E-state index is -0.136. The molecule has 0 saturated carbocycles. The molecule has 75 valence electrons. The molecule has 1 aromatic carbocycles. The molecule has 0 spiro atoms. The van der Waals surface area contributed by atoms with Crippen LogP contribution in [0, 0.1) is 6.92 Å². The Hall–Kier alpha value is -1.90. The van der Waals surface area contributed by atoms with Gasteiger partial charge in [-0.25, -0.2) is 0 Å². The van der Waals surface area contributed by atoms with Crippen LogP contribution in [-0.4, -0.2) is 17.3 Å². The Labute approximate surface area is 88.1 Å². The highest BCUT2D eigenvalue weighted by Crippen LogP contribution is 2.15. The number of Topliss-reactive ketones (excluding diaryl/α,β-unsaturated/α-hetero) is 1. The smallest absolute Gasteiger partial charge is 0.152 e. The van der Waals surface area contributed by atoms with Crippen LogP contribution in [0.2, 0.25) is 0 Å². The molecule has 0 saturated heterocycles. The van der Waals surface area contributed by atoms with E-state index in [-0.39, 0.29) is 12.3 Å². The van der Waals surface area contributed by atoms with Crippen molar-refractivity contribution >= 4 is 22.4 Å². The molecule has 2 rings (SSSR count). The highest BCUT2D eigenvalue weighted by atomic mass is 16.1. The summed E-state index contributed by atoms with van der Waals surface area (Å²) < 4.78 is 0. The van der Waals surface area contributed by atoms with Crippen LogP contribution in [0.4, 0.5) is 5.69 Å². The molecule has 0 fully saturated rings. The number of hydrogen-bond acceptors (Lipinski definition) is 3. The minimum absolute atomic E-state index is 0.136. The number of anilines is 1. The van der Waals surface area contributed by atoms with E-state index in [0.717, 1.165) is 16.6 Å². The summed E-state index contributed by atoms with van der Waals surface area (Å²) >= 11 is 0. The summed E-state index contributed by atoms with van der Waals surface area (Å²) in [5.41, 5.74) is 1.79. The Balaban J connectivity index is 2.26. The lowest BCUT2D eigenvalue weighted by Crippen LogP contribution is -2.10. The van der Waals surface area contributed by atoms with Crippen LogP contribution in [0.5, 0.6) is 0 Å². The molecule has 3 nitrogen and oxygen atoms in total. The van der Waals surface area contributed by atoms with Crippen LogP contribution in [-0.2, 0) is 4.79 Å². The largest absolute Gasteiger partial charge is 0.377 e. The van der Waals surface area contributed by atoms with Gasteiger partial charge in [0.25, 0.3) is 0 Å². The molecule has 1 heterocycles. The van der Waals surface area contributed by atoms with Crippen molar-refractivity contribution in [3.8, 4) is 0 Å². The van der Waals surface area contributed by atoms with Gasteiger partial charge in [0.2, 0.25) is 0 Å². The SMILES string of the molecule is [CH2]C(=O)CNc1cnc2ccccc2c1. The molecule has 0 aliphatic carbocycles. The first-order chi connectivity index (χ1) is 7.25. The fraction of sp³-hybridized carbons (Fsp3) is 0.0833. The van der Waals surface area contributed by atoms with E-state index in [1.54, 1.807) is 6.20 Å². The Morgan fingerprint density at radius 2 is 2.20 bits per heavy atom. The second-order valence-corrected chi connectivity index (χ2v) is 3.31. The molecule has 0 aliphatic rings. The zero-order chi connectivity index (χ0) is 10.7. The third-order valence-electron chi connectivity index (χ3n) is 2.08. The summed E-state index contributed by atoms with van der Waals surface area (Å²) in [6, 6.07) is 9.80.